The maximum absolute atomic E-state index is 13.6. The van der Waals surface area contributed by atoms with E-state index in [0.717, 1.165) is 33.7 Å². The lowest BCUT2D eigenvalue weighted by Crippen LogP contribution is -2.53. The van der Waals surface area contributed by atoms with Crippen molar-refractivity contribution >= 4 is 27.5 Å². The molecule has 186 valence electrons. The Morgan fingerprint density at radius 2 is 1.59 bits per heavy atom. The van der Waals surface area contributed by atoms with Gasteiger partial charge in [-0.1, -0.05) is 62.4 Å². The number of nitrogens with one attached hydrogen (secondary N) is 1. The van der Waals surface area contributed by atoms with E-state index in [0.29, 0.717) is 31.6 Å². The second-order valence-corrected chi connectivity index (χ2v) is 10.5. The fraction of sp³-hybridized carbons (Fsp3) is 0.462. The molecule has 0 aliphatic heterocycles. The summed E-state index contributed by atoms with van der Waals surface area (Å²) in [7, 11) is -3.74. The normalized spacial score (nSPS) is 12.1. The van der Waals surface area contributed by atoms with Gasteiger partial charge in [0.05, 0.1) is 11.9 Å². The summed E-state index contributed by atoms with van der Waals surface area (Å²) in [4.78, 5) is 28.1. The number of para-hydroxylation sites is 1. The zero-order valence-corrected chi connectivity index (χ0v) is 21.7. The number of amides is 2. The van der Waals surface area contributed by atoms with E-state index in [2.05, 4.69) is 5.32 Å². The fourth-order valence-corrected chi connectivity index (χ4v) is 5.00. The van der Waals surface area contributed by atoms with Gasteiger partial charge in [-0.15, -0.1) is 0 Å². The first-order chi connectivity index (χ1) is 16.1. The van der Waals surface area contributed by atoms with Crippen molar-refractivity contribution in [2.75, 3.05) is 30.2 Å². The van der Waals surface area contributed by atoms with Gasteiger partial charge < -0.3 is 10.2 Å². The molecular formula is C26H37N3O4S. The number of hydrogen-bond acceptors (Lipinski definition) is 4. The lowest BCUT2D eigenvalue weighted by Gasteiger charge is -2.33. The summed E-state index contributed by atoms with van der Waals surface area (Å²) in [5, 5.41) is 2.89. The summed E-state index contributed by atoms with van der Waals surface area (Å²) in [6.45, 7) is 7.94. The smallest absolute Gasteiger partial charge is 0.244 e. The van der Waals surface area contributed by atoms with Crippen molar-refractivity contribution < 1.29 is 18.0 Å². The van der Waals surface area contributed by atoms with E-state index in [1.165, 1.54) is 4.90 Å². The monoisotopic (exact) mass is 487 g/mol. The van der Waals surface area contributed by atoms with Gasteiger partial charge in [0.2, 0.25) is 21.8 Å². The summed E-state index contributed by atoms with van der Waals surface area (Å²) < 4.78 is 26.7. The van der Waals surface area contributed by atoms with Gasteiger partial charge >= 0.3 is 0 Å². The molecule has 1 atom stereocenters. The summed E-state index contributed by atoms with van der Waals surface area (Å²) in [6, 6.07) is 14.6. The first kappa shape index (κ1) is 27.4. The number of sulfonamides is 1. The molecular weight excluding hydrogens is 450 g/mol. The van der Waals surface area contributed by atoms with Crippen LogP contribution < -0.4 is 9.62 Å². The second kappa shape index (κ2) is 12.6. The van der Waals surface area contributed by atoms with Gasteiger partial charge in [0.25, 0.3) is 0 Å². The van der Waals surface area contributed by atoms with Crippen LogP contribution in [0.15, 0.2) is 48.5 Å². The van der Waals surface area contributed by atoms with Crippen molar-refractivity contribution in [1.82, 2.24) is 10.2 Å². The van der Waals surface area contributed by atoms with Crippen LogP contribution in [0.1, 0.15) is 43.4 Å². The predicted octanol–water partition coefficient (Wildman–Crippen LogP) is 3.45. The van der Waals surface area contributed by atoms with Crippen molar-refractivity contribution in [2.45, 2.75) is 53.0 Å². The molecule has 34 heavy (non-hydrogen) atoms. The summed E-state index contributed by atoms with van der Waals surface area (Å²) in [5.41, 5.74) is 3.08. The van der Waals surface area contributed by atoms with Crippen LogP contribution in [0.4, 0.5) is 5.69 Å². The zero-order chi connectivity index (χ0) is 25.3. The molecule has 0 heterocycles. The van der Waals surface area contributed by atoms with Gasteiger partial charge in [-0.3, -0.25) is 13.9 Å². The lowest BCUT2D eigenvalue weighted by atomic mass is 10.1. The average Bonchev–Trinajstić information content (AvgIpc) is 2.79. The highest BCUT2D eigenvalue weighted by molar-refractivity contribution is 7.92. The summed E-state index contributed by atoms with van der Waals surface area (Å²) >= 11 is 0. The number of hydrogen-bond donors (Lipinski definition) is 1. The van der Waals surface area contributed by atoms with Gasteiger partial charge in [-0.25, -0.2) is 8.42 Å². The molecule has 0 aliphatic carbocycles. The Hall–Kier alpha value is -2.87. The van der Waals surface area contributed by atoms with Crippen molar-refractivity contribution in [3.63, 3.8) is 0 Å². The molecule has 2 aromatic rings. The number of benzene rings is 2. The average molecular weight is 488 g/mol. The molecule has 0 bridgehead atoms. The predicted molar refractivity (Wildman–Crippen MR) is 137 cm³/mol. The molecule has 0 saturated heterocycles. The van der Waals surface area contributed by atoms with Crippen LogP contribution in [0.3, 0.4) is 0 Å². The van der Waals surface area contributed by atoms with Gasteiger partial charge in [-0.05, 0) is 49.8 Å². The Morgan fingerprint density at radius 3 is 2.12 bits per heavy atom. The van der Waals surface area contributed by atoms with Gasteiger partial charge in [0.1, 0.15) is 12.6 Å². The molecule has 0 radical (unpaired) electrons. The molecule has 8 heteroatoms. The first-order valence-electron chi connectivity index (χ1n) is 11.7. The third-order valence-corrected chi connectivity index (χ3v) is 6.90. The van der Waals surface area contributed by atoms with Crippen LogP contribution in [0, 0.1) is 13.8 Å². The van der Waals surface area contributed by atoms with Crippen LogP contribution in [0.5, 0.6) is 0 Å². The van der Waals surface area contributed by atoms with E-state index < -0.39 is 22.0 Å². The highest BCUT2D eigenvalue weighted by Gasteiger charge is 2.32. The minimum atomic E-state index is -3.74. The summed E-state index contributed by atoms with van der Waals surface area (Å²) in [5.74, 6) is -0.619. The molecule has 1 unspecified atom stereocenters. The number of carbonyl (C=O) groups excluding carboxylic acids is 2. The molecule has 7 nitrogen and oxygen atoms in total. The van der Waals surface area contributed by atoms with Crippen molar-refractivity contribution in [3.8, 4) is 0 Å². The minimum absolute atomic E-state index is 0.219. The lowest BCUT2D eigenvalue weighted by molar-refractivity contribution is -0.139. The molecule has 0 fully saturated rings. The zero-order valence-electron chi connectivity index (χ0n) is 20.9. The third-order valence-electron chi connectivity index (χ3n) is 5.79. The van der Waals surface area contributed by atoms with Crippen molar-refractivity contribution in [3.05, 3.63) is 65.2 Å². The van der Waals surface area contributed by atoms with Gasteiger partial charge in [0.15, 0.2) is 0 Å². The first-order valence-corrected chi connectivity index (χ1v) is 13.6. The molecule has 2 amide bonds. The van der Waals surface area contributed by atoms with E-state index in [1.807, 2.05) is 76.2 Å². The second-order valence-electron chi connectivity index (χ2n) is 8.55. The Kier molecular flexibility index (Phi) is 10.1. The summed E-state index contributed by atoms with van der Waals surface area (Å²) in [6.07, 6.45) is 2.88. The number of anilines is 1. The van der Waals surface area contributed by atoms with Crippen LogP contribution >= 0.6 is 0 Å². The van der Waals surface area contributed by atoms with E-state index in [9.17, 15) is 18.0 Å². The van der Waals surface area contributed by atoms with E-state index >= 15 is 0 Å². The van der Waals surface area contributed by atoms with Crippen molar-refractivity contribution in [1.29, 1.82) is 0 Å². The van der Waals surface area contributed by atoms with Crippen LogP contribution in [-0.2, 0) is 26.0 Å². The molecule has 0 saturated carbocycles. The molecule has 0 aliphatic rings. The van der Waals surface area contributed by atoms with Crippen LogP contribution in [0.25, 0.3) is 0 Å². The molecule has 2 rings (SSSR count). The molecule has 0 aromatic heterocycles. The topological polar surface area (TPSA) is 86.8 Å². The number of nitrogens with zero attached hydrogens (tertiary/aromatic N) is 2. The quantitative estimate of drug-likeness (QED) is 0.497. The SMILES string of the molecule is CCCNC(=O)C(CC)N(CCc1ccccc1)C(=O)CN(c1c(C)cccc1C)S(C)(=O)=O. The minimum Gasteiger partial charge on any atom is -0.354 e. The Balaban J connectivity index is 2.40. The third kappa shape index (κ3) is 7.32. The molecule has 2 aromatic carbocycles. The highest BCUT2D eigenvalue weighted by atomic mass is 32.2. The van der Waals surface area contributed by atoms with Crippen LogP contribution in [0.2, 0.25) is 0 Å². The molecule has 0 spiro atoms. The van der Waals surface area contributed by atoms with E-state index in [4.69, 9.17) is 0 Å². The Labute approximate surface area is 204 Å². The van der Waals surface area contributed by atoms with Crippen molar-refractivity contribution in [2.24, 2.45) is 0 Å². The molecule has 1 N–H and O–H groups in total. The maximum atomic E-state index is 13.6. The fourth-order valence-electron chi connectivity index (χ4n) is 4.04. The van der Waals surface area contributed by atoms with Gasteiger partial charge in [-0.2, -0.15) is 0 Å². The standard InChI is InChI=1S/C26H37N3O4S/c1-6-17-27-26(31)23(7-2)28(18-16-22-14-9-8-10-15-22)24(30)19-29(34(5,32)33)25-20(3)12-11-13-21(25)4/h8-15,23H,6-7,16-19H2,1-5H3,(H,27,31). The van der Waals surface area contributed by atoms with E-state index in [-0.39, 0.29) is 12.5 Å². The Bertz CT molecular complexity index is 1050. The highest BCUT2D eigenvalue weighted by Crippen LogP contribution is 2.27. The van der Waals surface area contributed by atoms with E-state index in [1.54, 1.807) is 0 Å². The number of carbonyl (C=O) groups is 2. The van der Waals surface area contributed by atoms with Gasteiger partial charge in [0, 0.05) is 13.1 Å². The number of rotatable bonds is 12. The maximum Gasteiger partial charge on any atom is 0.244 e. The Morgan fingerprint density at radius 1 is 0.971 bits per heavy atom. The van der Waals surface area contributed by atoms with Crippen LogP contribution in [-0.4, -0.2) is 57.1 Å². The largest absolute Gasteiger partial charge is 0.354 e. The number of aryl methyl sites for hydroxylation is 2.